The minimum absolute atomic E-state index is 0.0822. The van der Waals surface area contributed by atoms with Crippen LogP contribution in [-0.4, -0.2) is 59.7 Å². The van der Waals surface area contributed by atoms with Crippen molar-refractivity contribution < 1.29 is 19.1 Å². The molecule has 0 spiro atoms. The van der Waals surface area contributed by atoms with Crippen LogP contribution in [0.15, 0.2) is 77.1 Å². The fourth-order valence-corrected chi connectivity index (χ4v) is 7.62. The number of nitrogens with one attached hydrogen (secondary N) is 2. The van der Waals surface area contributed by atoms with Gasteiger partial charge in [0, 0.05) is 29.9 Å². The maximum atomic E-state index is 13.2. The Morgan fingerprint density at radius 3 is 2.51 bits per heavy atom. The van der Waals surface area contributed by atoms with E-state index in [4.69, 9.17) is 4.74 Å². The van der Waals surface area contributed by atoms with Crippen molar-refractivity contribution in [3.8, 4) is 0 Å². The lowest BCUT2D eigenvalue weighted by Gasteiger charge is -2.27. The number of rotatable bonds is 7. The van der Waals surface area contributed by atoms with Crippen molar-refractivity contribution in [2.75, 3.05) is 42.7 Å². The summed E-state index contributed by atoms with van der Waals surface area (Å²) in [6, 6.07) is 22.8. The van der Waals surface area contributed by atoms with Crippen molar-refractivity contribution in [1.82, 2.24) is 9.88 Å². The molecule has 5 aromatic rings. The Bertz CT molecular complexity index is 1890. The molecule has 1 saturated heterocycles. The van der Waals surface area contributed by atoms with Gasteiger partial charge in [-0.05, 0) is 65.8 Å². The molecule has 43 heavy (non-hydrogen) atoms. The highest BCUT2D eigenvalue weighted by Crippen LogP contribution is 2.36. The topological polar surface area (TPSA) is 101 Å². The second-order valence-corrected chi connectivity index (χ2v) is 12.8. The Hall–Kier alpha value is -4.25. The van der Waals surface area contributed by atoms with Crippen molar-refractivity contribution >= 4 is 73.2 Å². The highest BCUT2D eigenvalue weighted by Gasteiger charge is 2.23. The standard InChI is InChI=1S/C33H28N4O4S2/c38-29(35-26-12-10-21-9-8-20-4-3-7-25(26)30(20)21)19-42-33-36-27-13-11-22(18-28(27)43-33)34-31(39)23-5-1-2-6-24(23)32(40)37-14-16-41-17-15-37/h1-7,10-13,18H,8-9,14-17,19H2,(H,34,39)(H,35,38). The number of morpholine rings is 1. The molecule has 1 aliphatic carbocycles. The van der Waals surface area contributed by atoms with Gasteiger partial charge in [-0.25, -0.2) is 4.98 Å². The van der Waals surface area contributed by atoms with Crippen molar-refractivity contribution in [2.24, 2.45) is 0 Å². The van der Waals surface area contributed by atoms with Gasteiger partial charge in [-0.3, -0.25) is 14.4 Å². The van der Waals surface area contributed by atoms with E-state index in [2.05, 4.69) is 39.9 Å². The van der Waals surface area contributed by atoms with E-state index in [1.54, 1.807) is 35.2 Å². The third-order valence-corrected chi connectivity index (χ3v) is 9.97. The van der Waals surface area contributed by atoms with Gasteiger partial charge in [0.15, 0.2) is 4.34 Å². The first-order valence-corrected chi connectivity index (χ1v) is 16.0. The van der Waals surface area contributed by atoms with Gasteiger partial charge in [0.05, 0.1) is 40.3 Å². The van der Waals surface area contributed by atoms with Crippen LogP contribution < -0.4 is 10.6 Å². The van der Waals surface area contributed by atoms with E-state index in [0.29, 0.717) is 43.1 Å². The van der Waals surface area contributed by atoms with Crippen LogP contribution in [0.4, 0.5) is 11.4 Å². The molecule has 7 rings (SSSR count). The first-order chi connectivity index (χ1) is 21.0. The van der Waals surface area contributed by atoms with Gasteiger partial charge < -0.3 is 20.3 Å². The SMILES string of the molecule is O=C(CSc1nc2ccc(NC(=O)c3ccccc3C(=O)N3CCOCC3)cc2s1)Nc1ccc2c3c(cccc13)CC2. The average Bonchev–Trinajstić information content (AvgIpc) is 3.66. The number of benzene rings is 4. The number of ether oxygens (including phenoxy) is 1. The Labute approximate surface area is 256 Å². The molecule has 0 radical (unpaired) electrons. The number of carbonyl (C=O) groups excluding carboxylic acids is 3. The highest BCUT2D eigenvalue weighted by molar-refractivity contribution is 8.01. The van der Waals surface area contributed by atoms with Gasteiger partial charge in [0.25, 0.3) is 11.8 Å². The molecule has 2 heterocycles. The first-order valence-electron chi connectivity index (χ1n) is 14.2. The molecule has 3 amide bonds. The average molecular weight is 609 g/mol. The van der Waals surface area contributed by atoms with Crippen molar-refractivity contribution in [2.45, 2.75) is 17.2 Å². The largest absolute Gasteiger partial charge is 0.378 e. The number of thioether (sulfide) groups is 1. The zero-order valence-electron chi connectivity index (χ0n) is 23.2. The Balaban J connectivity index is 1.01. The number of aryl methyl sites for hydroxylation is 2. The normalized spacial score (nSPS) is 14.3. The third-order valence-electron chi connectivity index (χ3n) is 7.80. The van der Waals surface area contributed by atoms with E-state index in [9.17, 15) is 14.4 Å². The summed E-state index contributed by atoms with van der Waals surface area (Å²) in [5, 5.41) is 8.39. The van der Waals surface area contributed by atoms with E-state index in [0.717, 1.165) is 38.5 Å². The fraction of sp³-hybridized carbons (Fsp3) is 0.212. The van der Waals surface area contributed by atoms with Crippen molar-refractivity contribution in [3.05, 3.63) is 95.1 Å². The third kappa shape index (κ3) is 5.61. The van der Waals surface area contributed by atoms with Gasteiger partial charge in [-0.1, -0.05) is 48.2 Å². The van der Waals surface area contributed by atoms with Crippen LogP contribution in [-0.2, 0) is 22.4 Å². The Morgan fingerprint density at radius 1 is 0.884 bits per heavy atom. The molecule has 1 aromatic heterocycles. The smallest absolute Gasteiger partial charge is 0.256 e. The van der Waals surface area contributed by atoms with Crippen LogP contribution in [0.25, 0.3) is 21.0 Å². The Kier molecular flexibility index (Phi) is 7.56. The van der Waals surface area contributed by atoms with E-state index < -0.39 is 0 Å². The summed E-state index contributed by atoms with van der Waals surface area (Å²) in [7, 11) is 0. The van der Waals surface area contributed by atoms with Crippen LogP contribution in [0.3, 0.4) is 0 Å². The molecule has 1 fully saturated rings. The van der Waals surface area contributed by atoms with E-state index in [1.807, 2.05) is 18.2 Å². The number of hydrogen-bond acceptors (Lipinski definition) is 7. The molecule has 0 bridgehead atoms. The molecular weight excluding hydrogens is 581 g/mol. The van der Waals surface area contributed by atoms with Crippen molar-refractivity contribution in [3.63, 3.8) is 0 Å². The van der Waals surface area contributed by atoms with E-state index in [-0.39, 0.29) is 23.5 Å². The molecule has 2 N–H and O–H groups in total. The van der Waals surface area contributed by atoms with Crippen LogP contribution in [0.1, 0.15) is 31.8 Å². The quantitative estimate of drug-likeness (QED) is 0.220. The van der Waals surface area contributed by atoms with E-state index in [1.165, 1.54) is 39.6 Å². The summed E-state index contributed by atoms with van der Waals surface area (Å²) in [5.74, 6) is -0.372. The zero-order chi connectivity index (χ0) is 29.3. The predicted octanol–water partition coefficient (Wildman–Crippen LogP) is 6.00. The van der Waals surface area contributed by atoms with Crippen LogP contribution in [0.5, 0.6) is 0 Å². The number of anilines is 2. The number of hydrogen-bond donors (Lipinski definition) is 2. The summed E-state index contributed by atoms with van der Waals surface area (Å²) in [4.78, 5) is 45.6. The lowest BCUT2D eigenvalue weighted by molar-refractivity contribution is -0.113. The second-order valence-electron chi connectivity index (χ2n) is 10.5. The molecule has 8 nitrogen and oxygen atoms in total. The summed E-state index contributed by atoms with van der Waals surface area (Å²) >= 11 is 2.86. The van der Waals surface area contributed by atoms with Crippen LogP contribution >= 0.6 is 23.1 Å². The molecular formula is C33H28N4O4S2. The number of amides is 3. The van der Waals surface area contributed by atoms with Crippen LogP contribution in [0.2, 0.25) is 0 Å². The Morgan fingerprint density at radius 2 is 1.67 bits per heavy atom. The molecule has 0 saturated carbocycles. The van der Waals surface area contributed by atoms with Gasteiger partial charge in [-0.2, -0.15) is 0 Å². The minimum Gasteiger partial charge on any atom is -0.378 e. The van der Waals surface area contributed by atoms with E-state index >= 15 is 0 Å². The molecule has 10 heteroatoms. The number of fused-ring (bicyclic) bond motifs is 1. The number of carbonyl (C=O) groups is 3. The summed E-state index contributed by atoms with van der Waals surface area (Å²) in [6.45, 7) is 1.99. The lowest BCUT2D eigenvalue weighted by atomic mass is 10.0. The molecule has 216 valence electrons. The molecule has 0 unspecified atom stereocenters. The molecule has 4 aromatic carbocycles. The summed E-state index contributed by atoms with van der Waals surface area (Å²) in [5.41, 5.74) is 5.62. The number of aromatic nitrogens is 1. The zero-order valence-corrected chi connectivity index (χ0v) is 24.9. The second kappa shape index (κ2) is 11.8. The molecule has 0 atom stereocenters. The van der Waals surface area contributed by atoms with Crippen LogP contribution in [0, 0.1) is 0 Å². The van der Waals surface area contributed by atoms with Gasteiger partial charge >= 0.3 is 0 Å². The maximum Gasteiger partial charge on any atom is 0.256 e. The number of thiazole rings is 1. The number of nitrogens with zero attached hydrogens (tertiary/aromatic N) is 2. The first kappa shape index (κ1) is 27.6. The maximum absolute atomic E-state index is 13.2. The predicted molar refractivity (Wildman–Crippen MR) is 171 cm³/mol. The van der Waals surface area contributed by atoms with Gasteiger partial charge in [0.1, 0.15) is 0 Å². The van der Waals surface area contributed by atoms with Gasteiger partial charge in [-0.15, -0.1) is 11.3 Å². The summed E-state index contributed by atoms with van der Waals surface area (Å²) < 4.78 is 7.02. The molecule has 1 aliphatic heterocycles. The lowest BCUT2D eigenvalue weighted by Crippen LogP contribution is -2.41. The fourth-order valence-electron chi connectivity index (χ4n) is 5.72. The minimum atomic E-state index is -0.351. The van der Waals surface area contributed by atoms with Gasteiger partial charge in [0.2, 0.25) is 5.91 Å². The van der Waals surface area contributed by atoms with Crippen molar-refractivity contribution in [1.29, 1.82) is 0 Å². The highest BCUT2D eigenvalue weighted by atomic mass is 32.2. The summed E-state index contributed by atoms with van der Waals surface area (Å²) in [6.07, 6.45) is 2.09. The monoisotopic (exact) mass is 608 g/mol. The molecule has 2 aliphatic rings.